The van der Waals surface area contributed by atoms with Gasteiger partial charge in [0.05, 0.1) is 0 Å². The first-order valence-electron chi connectivity index (χ1n) is 6.60. The molecule has 0 aliphatic carbocycles. The van der Waals surface area contributed by atoms with Gasteiger partial charge in [0.1, 0.15) is 5.60 Å². The van der Waals surface area contributed by atoms with E-state index in [9.17, 15) is 4.79 Å². The molecule has 0 saturated carbocycles. The van der Waals surface area contributed by atoms with Crippen LogP contribution in [0.2, 0.25) is 0 Å². The van der Waals surface area contributed by atoms with Crippen molar-refractivity contribution in [2.24, 2.45) is 0 Å². The quantitative estimate of drug-likeness (QED) is 0.644. The molecule has 0 saturated heterocycles. The molecule has 104 valence electrons. The van der Waals surface area contributed by atoms with Crippen LogP contribution in [0.15, 0.2) is 18.2 Å². The molecule has 0 unspecified atom stereocenters. The smallest absolute Gasteiger partial charge is 0.410 e. The van der Waals surface area contributed by atoms with E-state index in [0.29, 0.717) is 6.54 Å². The first-order chi connectivity index (χ1) is 8.85. The summed E-state index contributed by atoms with van der Waals surface area (Å²) in [6.45, 7) is 7.13. The van der Waals surface area contributed by atoms with Gasteiger partial charge in [-0.1, -0.05) is 6.07 Å². The highest BCUT2D eigenvalue weighted by atomic mass is 127. The fraction of sp³-hybridized carbons (Fsp3) is 0.533. The Morgan fingerprint density at radius 2 is 2.05 bits per heavy atom. The minimum atomic E-state index is -0.433. The lowest BCUT2D eigenvalue weighted by molar-refractivity contribution is 0.0237. The van der Waals surface area contributed by atoms with E-state index in [2.05, 4.69) is 40.8 Å². The largest absolute Gasteiger partial charge is 0.444 e. The molecule has 1 aromatic carbocycles. The lowest BCUT2D eigenvalue weighted by atomic mass is 10.0. The average Bonchev–Trinajstić information content (AvgIpc) is 2.48. The van der Waals surface area contributed by atoms with Gasteiger partial charge in [-0.15, -0.1) is 0 Å². The van der Waals surface area contributed by atoms with Crippen molar-refractivity contribution in [2.45, 2.75) is 45.8 Å². The molecule has 1 amide bonds. The van der Waals surface area contributed by atoms with Gasteiger partial charge in [0.15, 0.2) is 0 Å². The molecule has 1 aromatic rings. The van der Waals surface area contributed by atoms with Crippen molar-refractivity contribution in [1.82, 2.24) is 4.90 Å². The average molecular weight is 373 g/mol. The third-order valence-electron chi connectivity index (χ3n) is 3.06. The van der Waals surface area contributed by atoms with Crippen LogP contribution in [-0.4, -0.2) is 23.1 Å². The van der Waals surface area contributed by atoms with E-state index < -0.39 is 5.60 Å². The SMILES string of the molecule is CC(C)(C)OC(=O)N1CCCc2ccc(I)cc2C1. The first kappa shape index (κ1) is 14.6. The summed E-state index contributed by atoms with van der Waals surface area (Å²) in [5.74, 6) is 0. The van der Waals surface area contributed by atoms with Crippen molar-refractivity contribution in [3.05, 3.63) is 32.9 Å². The van der Waals surface area contributed by atoms with Crippen LogP contribution in [0.25, 0.3) is 0 Å². The Hall–Kier alpha value is -0.780. The molecular formula is C15H20INO2. The molecule has 0 aromatic heterocycles. The van der Waals surface area contributed by atoms with E-state index in [1.54, 1.807) is 0 Å². The highest BCUT2D eigenvalue weighted by Crippen LogP contribution is 2.22. The zero-order chi connectivity index (χ0) is 14.0. The Bertz CT molecular complexity index is 480. The van der Waals surface area contributed by atoms with Crippen LogP contribution < -0.4 is 0 Å². The van der Waals surface area contributed by atoms with Crippen molar-refractivity contribution in [1.29, 1.82) is 0 Å². The summed E-state index contributed by atoms with van der Waals surface area (Å²) in [6, 6.07) is 6.47. The van der Waals surface area contributed by atoms with Gasteiger partial charge in [0, 0.05) is 16.7 Å². The normalized spacial score (nSPS) is 15.7. The lowest BCUT2D eigenvalue weighted by Gasteiger charge is -2.26. The molecule has 19 heavy (non-hydrogen) atoms. The van der Waals surface area contributed by atoms with Crippen molar-refractivity contribution in [2.75, 3.05) is 6.54 Å². The second-order valence-electron chi connectivity index (χ2n) is 5.92. The number of halogens is 1. The van der Waals surface area contributed by atoms with Crippen molar-refractivity contribution in [3.63, 3.8) is 0 Å². The van der Waals surface area contributed by atoms with E-state index in [0.717, 1.165) is 19.4 Å². The standard InChI is InChI=1S/C15H20INO2/c1-15(2,3)19-14(18)17-8-4-5-11-6-7-13(16)9-12(11)10-17/h6-7,9H,4-5,8,10H2,1-3H3. The molecule has 0 spiro atoms. The van der Waals surface area contributed by atoms with Gasteiger partial charge in [-0.3, -0.25) is 0 Å². The minimum absolute atomic E-state index is 0.209. The fourth-order valence-corrected chi connectivity index (χ4v) is 2.77. The van der Waals surface area contributed by atoms with Crippen LogP contribution in [0.4, 0.5) is 4.79 Å². The molecule has 0 N–H and O–H groups in total. The highest BCUT2D eigenvalue weighted by Gasteiger charge is 2.24. The maximum atomic E-state index is 12.2. The molecular weight excluding hydrogens is 353 g/mol. The predicted octanol–water partition coefficient (Wildman–Crippen LogP) is 3.97. The Labute approximate surface area is 128 Å². The van der Waals surface area contributed by atoms with E-state index in [1.807, 2.05) is 25.7 Å². The van der Waals surface area contributed by atoms with Gasteiger partial charge in [-0.25, -0.2) is 4.79 Å². The molecule has 1 aliphatic heterocycles. The summed E-state index contributed by atoms with van der Waals surface area (Å²) >= 11 is 2.31. The van der Waals surface area contributed by atoms with Crippen LogP contribution >= 0.6 is 22.6 Å². The Morgan fingerprint density at radius 3 is 2.74 bits per heavy atom. The van der Waals surface area contributed by atoms with Gasteiger partial charge >= 0.3 is 6.09 Å². The van der Waals surface area contributed by atoms with Crippen LogP contribution in [-0.2, 0) is 17.7 Å². The van der Waals surface area contributed by atoms with Crippen molar-refractivity contribution < 1.29 is 9.53 Å². The predicted molar refractivity (Wildman–Crippen MR) is 84.1 cm³/mol. The Kier molecular flexibility index (Phi) is 4.38. The Morgan fingerprint density at radius 1 is 1.32 bits per heavy atom. The van der Waals surface area contributed by atoms with E-state index in [1.165, 1.54) is 14.7 Å². The number of rotatable bonds is 0. The zero-order valence-electron chi connectivity index (χ0n) is 11.7. The Balaban J connectivity index is 2.15. The summed E-state index contributed by atoms with van der Waals surface area (Å²) in [5.41, 5.74) is 2.17. The van der Waals surface area contributed by atoms with Gasteiger partial charge in [0.25, 0.3) is 0 Å². The van der Waals surface area contributed by atoms with Gasteiger partial charge in [0.2, 0.25) is 0 Å². The summed E-state index contributed by atoms with van der Waals surface area (Å²) in [5, 5.41) is 0. The second kappa shape index (κ2) is 5.69. The van der Waals surface area contributed by atoms with Crippen molar-refractivity contribution in [3.8, 4) is 0 Å². The number of benzene rings is 1. The number of ether oxygens (including phenoxy) is 1. The number of carbonyl (C=O) groups excluding carboxylic acids is 1. The minimum Gasteiger partial charge on any atom is -0.444 e. The summed E-state index contributed by atoms with van der Waals surface area (Å²) in [6.07, 6.45) is 1.82. The molecule has 1 heterocycles. The molecule has 1 aliphatic rings. The summed E-state index contributed by atoms with van der Waals surface area (Å²) in [4.78, 5) is 14.0. The topological polar surface area (TPSA) is 29.5 Å². The number of aryl methyl sites for hydroxylation is 1. The van der Waals surface area contributed by atoms with Crippen LogP contribution in [0.5, 0.6) is 0 Å². The van der Waals surface area contributed by atoms with Crippen LogP contribution in [0.1, 0.15) is 38.3 Å². The van der Waals surface area contributed by atoms with Gasteiger partial charge in [-0.05, 0) is 79.5 Å². The van der Waals surface area contributed by atoms with Gasteiger partial charge < -0.3 is 9.64 Å². The number of amides is 1. The molecule has 4 heteroatoms. The van der Waals surface area contributed by atoms with E-state index in [-0.39, 0.29) is 6.09 Å². The first-order valence-corrected chi connectivity index (χ1v) is 7.68. The van der Waals surface area contributed by atoms with E-state index >= 15 is 0 Å². The van der Waals surface area contributed by atoms with Crippen LogP contribution in [0.3, 0.4) is 0 Å². The lowest BCUT2D eigenvalue weighted by Crippen LogP contribution is -2.36. The van der Waals surface area contributed by atoms with E-state index in [4.69, 9.17) is 4.74 Å². The fourth-order valence-electron chi connectivity index (χ4n) is 2.21. The number of carbonyl (C=O) groups is 1. The molecule has 0 fully saturated rings. The summed E-state index contributed by atoms with van der Waals surface area (Å²) in [7, 11) is 0. The molecule has 2 rings (SSSR count). The maximum Gasteiger partial charge on any atom is 0.410 e. The van der Waals surface area contributed by atoms with Crippen molar-refractivity contribution >= 4 is 28.7 Å². The zero-order valence-corrected chi connectivity index (χ0v) is 13.9. The molecule has 0 atom stereocenters. The highest BCUT2D eigenvalue weighted by molar-refractivity contribution is 14.1. The number of nitrogens with zero attached hydrogens (tertiary/aromatic N) is 1. The number of hydrogen-bond acceptors (Lipinski definition) is 2. The third-order valence-corrected chi connectivity index (χ3v) is 3.73. The summed E-state index contributed by atoms with van der Waals surface area (Å²) < 4.78 is 6.67. The number of hydrogen-bond donors (Lipinski definition) is 0. The molecule has 0 bridgehead atoms. The number of fused-ring (bicyclic) bond motifs is 1. The third kappa shape index (κ3) is 4.09. The van der Waals surface area contributed by atoms with Gasteiger partial charge in [-0.2, -0.15) is 0 Å². The monoisotopic (exact) mass is 373 g/mol. The second-order valence-corrected chi connectivity index (χ2v) is 7.16. The van der Waals surface area contributed by atoms with Crippen LogP contribution in [0, 0.1) is 3.57 Å². The maximum absolute atomic E-state index is 12.2. The molecule has 3 nitrogen and oxygen atoms in total. The molecule has 0 radical (unpaired) electrons.